The summed E-state index contributed by atoms with van der Waals surface area (Å²) in [6.07, 6.45) is 7.39. The minimum Gasteiger partial charge on any atom is -0.447 e. The first-order valence-electron chi connectivity index (χ1n) is 5.39. The Kier molecular flexibility index (Phi) is 5.66. The Morgan fingerprint density at radius 3 is 2.00 bits per heavy atom. The van der Waals surface area contributed by atoms with E-state index in [1.54, 1.807) is 0 Å². The van der Waals surface area contributed by atoms with Gasteiger partial charge in [0.2, 0.25) is 12.2 Å². The molecule has 17 heavy (non-hydrogen) atoms. The summed E-state index contributed by atoms with van der Waals surface area (Å²) < 4.78 is 10.3. The predicted molar refractivity (Wildman–Crippen MR) is 72.5 cm³/mol. The number of hydrogen-bond acceptors (Lipinski definition) is 4. The van der Waals surface area contributed by atoms with Gasteiger partial charge in [-0.05, 0) is 21.8 Å². The maximum Gasteiger partial charge on any atom is 0.353 e. The van der Waals surface area contributed by atoms with Crippen LogP contribution in [0.15, 0.2) is 0 Å². The van der Waals surface area contributed by atoms with Crippen molar-refractivity contribution in [3.63, 3.8) is 0 Å². The van der Waals surface area contributed by atoms with Crippen LogP contribution in [0.5, 0.6) is 0 Å². The first-order chi connectivity index (χ1) is 7.90. The normalized spacial score (nSPS) is 25.1. The molecule has 0 aliphatic carbocycles. The number of carbonyl (C=O) groups excluding carboxylic acids is 2. The molecule has 6 heteroatoms. The summed E-state index contributed by atoms with van der Waals surface area (Å²) in [4.78, 5) is 23.3. The zero-order chi connectivity index (χ0) is 13.0. The van der Waals surface area contributed by atoms with Crippen molar-refractivity contribution < 1.29 is 19.1 Å². The third-order valence-corrected chi connectivity index (χ3v) is 4.34. The minimum atomic E-state index is -0.696. The average molecular weight is 280 g/mol. The average Bonchev–Trinajstić information content (AvgIpc) is 2.20. The van der Waals surface area contributed by atoms with Gasteiger partial charge in [-0.1, -0.05) is 0 Å². The van der Waals surface area contributed by atoms with Crippen LogP contribution in [0.4, 0.5) is 0 Å². The van der Waals surface area contributed by atoms with Crippen molar-refractivity contribution in [1.82, 2.24) is 0 Å². The van der Waals surface area contributed by atoms with Crippen molar-refractivity contribution in [2.24, 2.45) is 0 Å². The summed E-state index contributed by atoms with van der Waals surface area (Å²) in [5.74, 6) is 0.667. The molecule has 0 saturated carbocycles. The van der Waals surface area contributed by atoms with Crippen molar-refractivity contribution in [3.8, 4) is 0 Å². The fourth-order valence-electron chi connectivity index (χ4n) is 1.45. The van der Waals surface area contributed by atoms with E-state index in [2.05, 4.69) is 12.5 Å². The molecule has 0 amide bonds. The molecule has 98 valence electrons. The summed E-state index contributed by atoms with van der Waals surface area (Å²) in [6.45, 7) is 0. The van der Waals surface area contributed by atoms with E-state index in [0.29, 0.717) is 12.2 Å². The number of cyclic esters (lactones) is 2. The Hall–Kier alpha value is -0.360. The van der Waals surface area contributed by atoms with Gasteiger partial charge in [0.15, 0.2) is 5.75 Å². The highest BCUT2D eigenvalue weighted by Gasteiger charge is 2.40. The second kappa shape index (κ2) is 6.54. The fraction of sp³-hybridized carbons (Fsp3) is 0.818. The monoisotopic (exact) mass is 280 g/mol. The van der Waals surface area contributed by atoms with E-state index in [4.69, 9.17) is 9.47 Å². The standard InChI is InChI=1S/C11H20O4S2/c1-16(2)6-5-8-10(12)15-9(7-17(3)4)11(13)14-8/h8-9H,5-7H2,1-4H3/q+2. The third kappa shape index (κ3) is 4.79. The van der Waals surface area contributed by atoms with Crippen LogP contribution in [0, 0.1) is 0 Å². The molecule has 0 aromatic heterocycles. The Morgan fingerprint density at radius 2 is 1.47 bits per heavy atom. The number of rotatable bonds is 5. The number of hydrogen-bond donors (Lipinski definition) is 0. The van der Waals surface area contributed by atoms with Gasteiger partial charge in [-0.2, -0.15) is 0 Å². The van der Waals surface area contributed by atoms with Crippen LogP contribution < -0.4 is 0 Å². The van der Waals surface area contributed by atoms with Crippen molar-refractivity contribution in [2.75, 3.05) is 36.5 Å². The first kappa shape index (κ1) is 14.7. The predicted octanol–water partition coefficient (Wildman–Crippen LogP) is -0.0305. The SMILES string of the molecule is C[S+](C)CCC1OC(=O)C(C[S+](C)C)OC1=O. The van der Waals surface area contributed by atoms with E-state index in [1.165, 1.54) is 0 Å². The van der Waals surface area contributed by atoms with Crippen LogP contribution in [0.2, 0.25) is 0 Å². The number of ether oxygens (including phenoxy) is 2. The van der Waals surface area contributed by atoms with Gasteiger partial charge in [0.05, 0.1) is 25.0 Å². The molecule has 2 atom stereocenters. The van der Waals surface area contributed by atoms with Crippen molar-refractivity contribution in [2.45, 2.75) is 18.6 Å². The van der Waals surface area contributed by atoms with Crippen LogP contribution in [0.25, 0.3) is 0 Å². The summed E-state index contributed by atoms with van der Waals surface area (Å²) in [5.41, 5.74) is 0. The van der Waals surface area contributed by atoms with E-state index in [9.17, 15) is 9.59 Å². The number of esters is 2. The van der Waals surface area contributed by atoms with Gasteiger partial charge >= 0.3 is 11.9 Å². The van der Waals surface area contributed by atoms with E-state index in [1.807, 2.05) is 12.5 Å². The van der Waals surface area contributed by atoms with Gasteiger partial charge in [0, 0.05) is 6.42 Å². The minimum absolute atomic E-state index is 0.0523. The lowest BCUT2D eigenvalue weighted by Crippen LogP contribution is -2.47. The first-order valence-corrected chi connectivity index (χ1v) is 9.81. The molecule has 1 aliphatic heterocycles. The summed E-state index contributed by atoms with van der Waals surface area (Å²) >= 11 is 0. The number of carbonyl (C=O) groups is 2. The Bertz CT molecular complexity index is 291. The van der Waals surface area contributed by atoms with E-state index in [0.717, 1.165) is 5.75 Å². The molecule has 2 unspecified atom stereocenters. The molecule has 1 rings (SSSR count). The largest absolute Gasteiger partial charge is 0.447 e. The molecule has 0 radical (unpaired) electrons. The lowest BCUT2D eigenvalue weighted by atomic mass is 10.2. The van der Waals surface area contributed by atoms with Gasteiger partial charge in [-0.15, -0.1) is 0 Å². The Labute approximate surface area is 108 Å². The zero-order valence-corrected chi connectivity index (χ0v) is 12.4. The van der Waals surface area contributed by atoms with E-state index >= 15 is 0 Å². The second-order valence-electron chi connectivity index (χ2n) is 4.48. The quantitative estimate of drug-likeness (QED) is 0.524. The molecular formula is C11H20O4S2+2. The maximum atomic E-state index is 11.7. The summed E-state index contributed by atoms with van der Waals surface area (Å²) in [6, 6.07) is 0. The van der Waals surface area contributed by atoms with Crippen molar-refractivity contribution >= 4 is 33.7 Å². The molecular weight excluding hydrogens is 260 g/mol. The van der Waals surface area contributed by atoms with Crippen LogP contribution in [0.1, 0.15) is 6.42 Å². The zero-order valence-electron chi connectivity index (χ0n) is 10.7. The molecule has 0 N–H and O–H groups in total. The smallest absolute Gasteiger partial charge is 0.353 e. The van der Waals surface area contributed by atoms with Crippen LogP contribution in [-0.4, -0.2) is 60.7 Å². The van der Waals surface area contributed by atoms with Gasteiger partial charge in [-0.25, -0.2) is 9.59 Å². The van der Waals surface area contributed by atoms with Crippen molar-refractivity contribution in [3.05, 3.63) is 0 Å². The fourth-order valence-corrected chi connectivity index (χ4v) is 2.95. The molecule has 0 spiro atoms. The molecule has 0 bridgehead atoms. The van der Waals surface area contributed by atoms with Crippen LogP contribution >= 0.6 is 0 Å². The Morgan fingerprint density at radius 1 is 0.941 bits per heavy atom. The lowest BCUT2D eigenvalue weighted by Gasteiger charge is -2.25. The van der Waals surface area contributed by atoms with Gasteiger partial charge in [0.25, 0.3) is 0 Å². The second-order valence-corrected chi connectivity index (χ2v) is 9.17. The summed E-state index contributed by atoms with van der Waals surface area (Å²) in [7, 11) is 0.293. The van der Waals surface area contributed by atoms with Crippen LogP contribution in [-0.2, 0) is 40.9 Å². The van der Waals surface area contributed by atoms with Gasteiger partial charge in [0.1, 0.15) is 5.75 Å². The molecule has 0 aromatic rings. The molecule has 1 aliphatic rings. The lowest BCUT2D eigenvalue weighted by molar-refractivity contribution is -0.193. The molecule has 1 fully saturated rings. The van der Waals surface area contributed by atoms with Crippen molar-refractivity contribution in [1.29, 1.82) is 0 Å². The molecule has 4 nitrogen and oxygen atoms in total. The summed E-state index contributed by atoms with van der Waals surface area (Å²) in [5, 5.41) is 0. The van der Waals surface area contributed by atoms with E-state index in [-0.39, 0.29) is 33.7 Å². The van der Waals surface area contributed by atoms with Gasteiger partial charge in [-0.3, -0.25) is 0 Å². The Balaban J connectivity index is 2.49. The van der Waals surface area contributed by atoms with E-state index < -0.39 is 12.2 Å². The highest BCUT2D eigenvalue weighted by atomic mass is 32.2. The van der Waals surface area contributed by atoms with Crippen LogP contribution in [0.3, 0.4) is 0 Å². The third-order valence-electron chi connectivity index (χ3n) is 2.32. The molecule has 1 heterocycles. The highest BCUT2D eigenvalue weighted by molar-refractivity contribution is 7.95. The maximum absolute atomic E-state index is 11.7. The molecule has 1 saturated heterocycles. The topological polar surface area (TPSA) is 52.6 Å². The molecule has 0 aromatic carbocycles. The van der Waals surface area contributed by atoms with Gasteiger partial charge < -0.3 is 9.47 Å². The highest BCUT2D eigenvalue weighted by Crippen LogP contribution is 2.15.